The molecule has 3 heterocycles. The number of benzene rings is 1. The Morgan fingerprint density at radius 1 is 1.23 bits per heavy atom. The first-order valence-corrected chi connectivity index (χ1v) is 10.4. The molecule has 0 aliphatic carbocycles. The van der Waals surface area contributed by atoms with E-state index in [2.05, 4.69) is 25.1 Å². The van der Waals surface area contributed by atoms with Crippen LogP contribution in [0.1, 0.15) is 19.3 Å². The Morgan fingerprint density at radius 2 is 2.03 bits per heavy atom. The summed E-state index contributed by atoms with van der Waals surface area (Å²) in [6.07, 6.45) is 9.06. The third kappa shape index (κ3) is 4.51. The molecular weight excluding hydrogens is 394 g/mol. The molecule has 162 valence electrons. The fraction of sp³-hybridized carbons (Fsp3) is 0.364. The van der Waals surface area contributed by atoms with Gasteiger partial charge in [0.15, 0.2) is 0 Å². The van der Waals surface area contributed by atoms with Gasteiger partial charge in [0, 0.05) is 56.5 Å². The summed E-state index contributed by atoms with van der Waals surface area (Å²) in [5.74, 6) is 1.04. The molecular formula is C22H27N7O2. The molecule has 0 spiro atoms. The number of H-pyrrole nitrogens is 1. The van der Waals surface area contributed by atoms with Gasteiger partial charge in [-0.2, -0.15) is 5.10 Å². The largest absolute Gasteiger partial charge is 0.507 e. The highest BCUT2D eigenvalue weighted by atomic mass is 16.3. The van der Waals surface area contributed by atoms with Crippen molar-refractivity contribution in [2.24, 2.45) is 5.73 Å². The van der Waals surface area contributed by atoms with Gasteiger partial charge in [-0.3, -0.25) is 14.9 Å². The number of anilines is 1. The molecule has 4 N–H and O–H groups in total. The van der Waals surface area contributed by atoms with Crippen LogP contribution in [0.3, 0.4) is 0 Å². The number of nitrogens with zero attached hydrogens (tertiary/aromatic N) is 5. The number of aromatic hydroxyl groups is 1. The maximum Gasteiger partial charge on any atom is 0.223 e. The van der Waals surface area contributed by atoms with Gasteiger partial charge in [0.05, 0.1) is 24.3 Å². The molecule has 9 nitrogen and oxygen atoms in total. The monoisotopic (exact) mass is 421 g/mol. The van der Waals surface area contributed by atoms with Crippen LogP contribution in [0.5, 0.6) is 5.75 Å². The van der Waals surface area contributed by atoms with Crippen molar-refractivity contribution in [3.63, 3.8) is 0 Å². The van der Waals surface area contributed by atoms with Gasteiger partial charge in [-0.1, -0.05) is 6.07 Å². The van der Waals surface area contributed by atoms with E-state index in [0.717, 1.165) is 42.9 Å². The minimum absolute atomic E-state index is 0.131. The molecule has 31 heavy (non-hydrogen) atoms. The lowest BCUT2D eigenvalue weighted by Gasteiger charge is -2.37. The Kier molecular flexibility index (Phi) is 6.13. The second-order valence-corrected chi connectivity index (χ2v) is 7.74. The van der Waals surface area contributed by atoms with Crippen molar-refractivity contribution in [1.82, 2.24) is 25.1 Å². The van der Waals surface area contributed by atoms with E-state index >= 15 is 0 Å². The summed E-state index contributed by atoms with van der Waals surface area (Å²) in [6, 6.07) is 5.74. The fourth-order valence-corrected chi connectivity index (χ4v) is 3.95. The number of nitrogens with one attached hydrogen (secondary N) is 1. The molecule has 0 bridgehead atoms. The van der Waals surface area contributed by atoms with E-state index in [1.54, 1.807) is 30.9 Å². The average molecular weight is 422 g/mol. The van der Waals surface area contributed by atoms with Gasteiger partial charge in [0.1, 0.15) is 11.6 Å². The van der Waals surface area contributed by atoms with Crippen molar-refractivity contribution in [3.05, 3.63) is 43.0 Å². The molecule has 0 unspecified atom stereocenters. The molecule has 1 aliphatic rings. The Hall–Kier alpha value is -3.46. The molecule has 1 aliphatic heterocycles. The number of piperidine rings is 1. The predicted octanol–water partition coefficient (Wildman–Crippen LogP) is 2.02. The molecule has 1 amide bonds. The third-order valence-corrected chi connectivity index (χ3v) is 5.83. The summed E-state index contributed by atoms with van der Waals surface area (Å²) >= 11 is 0. The Labute approximate surface area is 180 Å². The van der Waals surface area contributed by atoms with Crippen molar-refractivity contribution in [3.8, 4) is 28.1 Å². The first-order chi connectivity index (χ1) is 15.1. The molecule has 1 aromatic carbocycles. The van der Waals surface area contributed by atoms with Crippen LogP contribution in [0, 0.1) is 0 Å². The summed E-state index contributed by atoms with van der Waals surface area (Å²) in [7, 11) is 2.00. The first-order valence-electron chi connectivity index (χ1n) is 10.4. The summed E-state index contributed by atoms with van der Waals surface area (Å²) in [4.78, 5) is 25.1. The van der Waals surface area contributed by atoms with Crippen LogP contribution in [-0.2, 0) is 4.79 Å². The lowest BCUT2D eigenvalue weighted by molar-refractivity contribution is -0.132. The van der Waals surface area contributed by atoms with Crippen molar-refractivity contribution in [2.45, 2.75) is 25.3 Å². The van der Waals surface area contributed by atoms with Gasteiger partial charge < -0.3 is 20.6 Å². The quantitative estimate of drug-likeness (QED) is 0.556. The molecule has 4 rings (SSSR count). The van der Waals surface area contributed by atoms with Crippen LogP contribution in [0.4, 0.5) is 5.82 Å². The highest BCUT2D eigenvalue weighted by Gasteiger charge is 2.25. The Morgan fingerprint density at radius 3 is 2.65 bits per heavy atom. The van der Waals surface area contributed by atoms with E-state index in [-0.39, 0.29) is 11.7 Å². The number of rotatable bonds is 6. The van der Waals surface area contributed by atoms with Gasteiger partial charge in [0.2, 0.25) is 5.91 Å². The molecule has 0 radical (unpaired) electrons. The van der Waals surface area contributed by atoms with E-state index in [1.807, 2.05) is 24.1 Å². The van der Waals surface area contributed by atoms with E-state index < -0.39 is 0 Å². The van der Waals surface area contributed by atoms with Crippen molar-refractivity contribution in [1.29, 1.82) is 0 Å². The number of nitrogens with two attached hydrogens (primary N) is 1. The van der Waals surface area contributed by atoms with Gasteiger partial charge in [-0.25, -0.2) is 4.98 Å². The zero-order valence-corrected chi connectivity index (χ0v) is 17.5. The number of hydrogen-bond donors (Lipinski definition) is 3. The predicted molar refractivity (Wildman–Crippen MR) is 118 cm³/mol. The molecule has 3 aromatic rings. The first kappa shape index (κ1) is 20.8. The smallest absolute Gasteiger partial charge is 0.223 e. The number of phenols is 1. The van der Waals surface area contributed by atoms with Crippen LogP contribution in [0.25, 0.3) is 22.4 Å². The fourth-order valence-electron chi connectivity index (χ4n) is 3.95. The topological polar surface area (TPSA) is 124 Å². The van der Waals surface area contributed by atoms with Crippen LogP contribution < -0.4 is 10.6 Å². The lowest BCUT2D eigenvalue weighted by atomic mass is 10.0. The molecule has 0 saturated carbocycles. The normalized spacial score (nSPS) is 14.6. The highest BCUT2D eigenvalue weighted by molar-refractivity contribution is 5.76. The number of aromatic amines is 1. The summed E-state index contributed by atoms with van der Waals surface area (Å²) in [5.41, 5.74) is 8.50. The Balaban J connectivity index is 1.42. The second-order valence-electron chi connectivity index (χ2n) is 7.74. The Bertz CT molecular complexity index is 1010. The number of likely N-dealkylation sites (tertiary alicyclic amines) is 1. The van der Waals surface area contributed by atoms with Crippen molar-refractivity contribution < 1.29 is 9.90 Å². The summed E-state index contributed by atoms with van der Waals surface area (Å²) in [6.45, 7) is 1.86. The average Bonchev–Trinajstić information content (AvgIpc) is 3.34. The van der Waals surface area contributed by atoms with Crippen LogP contribution in [-0.4, -0.2) is 68.8 Å². The van der Waals surface area contributed by atoms with E-state index in [4.69, 9.17) is 5.73 Å². The number of hydrogen-bond acceptors (Lipinski definition) is 7. The molecule has 0 atom stereocenters. The summed E-state index contributed by atoms with van der Waals surface area (Å²) < 4.78 is 0. The number of aromatic nitrogens is 4. The standard InChI is InChI=1S/C22H27N7O2/c1-28(17-5-8-29(9-6-17)22(31)4-7-23)21-14-24-19(13-25-21)18-3-2-15(10-20(18)30)16-11-26-27-12-16/h2-3,10-14,17,30H,4-9,23H2,1H3,(H,26,27). The molecule has 9 heteroatoms. The molecule has 1 fully saturated rings. The SMILES string of the molecule is CN(c1cnc(-c2ccc(-c3cn[nH]c3)cc2O)cn1)C1CCN(C(=O)CCN)CC1. The number of amides is 1. The molecule has 2 aromatic heterocycles. The van der Waals surface area contributed by atoms with E-state index in [0.29, 0.717) is 30.3 Å². The zero-order chi connectivity index (χ0) is 21.8. The number of carbonyl (C=O) groups is 1. The highest BCUT2D eigenvalue weighted by Crippen LogP contribution is 2.32. The second kappa shape index (κ2) is 9.13. The zero-order valence-electron chi connectivity index (χ0n) is 17.5. The number of carbonyl (C=O) groups excluding carboxylic acids is 1. The maximum atomic E-state index is 12.0. The van der Waals surface area contributed by atoms with E-state index in [1.165, 1.54) is 0 Å². The molecule has 1 saturated heterocycles. The maximum absolute atomic E-state index is 12.0. The number of phenolic OH excluding ortho intramolecular Hbond substituents is 1. The van der Waals surface area contributed by atoms with Gasteiger partial charge in [0.25, 0.3) is 0 Å². The van der Waals surface area contributed by atoms with Crippen LogP contribution in [0.15, 0.2) is 43.0 Å². The lowest BCUT2D eigenvalue weighted by Crippen LogP contribution is -2.46. The van der Waals surface area contributed by atoms with Gasteiger partial charge in [-0.05, 0) is 30.5 Å². The minimum Gasteiger partial charge on any atom is -0.507 e. The van der Waals surface area contributed by atoms with Gasteiger partial charge >= 0.3 is 0 Å². The van der Waals surface area contributed by atoms with Crippen LogP contribution in [0.2, 0.25) is 0 Å². The van der Waals surface area contributed by atoms with Gasteiger partial charge in [-0.15, -0.1) is 0 Å². The third-order valence-electron chi connectivity index (χ3n) is 5.83. The van der Waals surface area contributed by atoms with Crippen LogP contribution >= 0.6 is 0 Å². The minimum atomic E-state index is 0.131. The van der Waals surface area contributed by atoms with E-state index in [9.17, 15) is 9.90 Å². The van der Waals surface area contributed by atoms with Crippen molar-refractivity contribution >= 4 is 11.7 Å². The summed E-state index contributed by atoms with van der Waals surface area (Å²) in [5, 5.41) is 17.2. The van der Waals surface area contributed by atoms with Crippen molar-refractivity contribution in [2.75, 3.05) is 31.6 Å².